The molecule has 1 aromatic rings. The largest absolute Gasteiger partial charge is 0.397 e. The van der Waals surface area contributed by atoms with Crippen molar-refractivity contribution in [2.24, 2.45) is 5.92 Å². The van der Waals surface area contributed by atoms with Gasteiger partial charge >= 0.3 is 0 Å². The molecule has 4 N–H and O–H groups in total. The summed E-state index contributed by atoms with van der Waals surface area (Å²) in [5.74, 6) is -0.195. The zero-order valence-electron chi connectivity index (χ0n) is 9.47. The predicted octanol–water partition coefficient (Wildman–Crippen LogP) is 0.411. The van der Waals surface area contributed by atoms with Gasteiger partial charge in [-0.3, -0.25) is 4.79 Å². The van der Waals surface area contributed by atoms with E-state index in [0.29, 0.717) is 11.4 Å². The third-order valence-electron chi connectivity index (χ3n) is 2.26. The van der Waals surface area contributed by atoms with E-state index in [2.05, 4.69) is 10.3 Å². The fourth-order valence-corrected chi connectivity index (χ4v) is 1.06. The summed E-state index contributed by atoms with van der Waals surface area (Å²) in [6.45, 7) is 4.00. The number of carbonyl (C=O) groups excluding carboxylic acids is 1. The second kappa shape index (κ2) is 5.46. The number of aliphatic hydroxyl groups is 1. The average molecular weight is 223 g/mol. The molecule has 0 aliphatic heterocycles. The number of carbonyl (C=O) groups is 1. The highest BCUT2D eigenvalue weighted by atomic mass is 16.3. The number of hydrogen-bond donors (Lipinski definition) is 3. The average Bonchev–Trinajstić information content (AvgIpc) is 2.26. The Hall–Kier alpha value is -1.62. The number of aromatic nitrogens is 1. The third-order valence-corrected chi connectivity index (χ3v) is 2.26. The van der Waals surface area contributed by atoms with E-state index in [4.69, 9.17) is 5.73 Å². The lowest BCUT2D eigenvalue weighted by atomic mass is 10.1. The number of amides is 1. The number of pyridine rings is 1. The summed E-state index contributed by atoms with van der Waals surface area (Å²) in [4.78, 5) is 15.4. The van der Waals surface area contributed by atoms with Crippen molar-refractivity contribution < 1.29 is 9.90 Å². The minimum Gasteiger partial charge on any atom is -0.397 e. The fraction of sp³-hybridized carbons (Fsp3) is 0.455. The molecule has 0 saturated carbocycles. The second-order valence-corrected chi connectivity index (χ2v) is 4.00. The molecule has 16 heavy (non-hydrogen) atoms. The minimum absolute atomic E-state index is 0.111. The maximum absolute atomic E-state index is 11.6. The monoisotopic (exact) mass is 223 g/mol. The molecule has 1 atom stereocenters. The number of nitrogens with one attached hydrogen (secondary N) is 1. The van der Waals surface area contributed by atoms with Gasteiger partial charge in [0, 0.05) is 6.54 Å². The highest BCUT2D eigenvalue weighted by Gasteiger charge is 2.12. The van der Waals surface area contributed by atoms with Crippen LogP contribution < -0.4 is 11.1 Å². The Morgan fingerprint density at radius 2 is 2.25 bits per heavy atom. The van der Waals surface area contributed by atoms with Gasteiger partial charge < -0.3 is 16.2 Å². The molecule has 1 rings (SSSR count). The van der Waals surface area contributed by atoms with E-state index >= 15 is 0 Å². The van der Waals surface area contributed by atoms with Gasteiger partial charge in [-0.15, -0.1) is 0 Å². The van der Waals surface area contributed by atoms with E-state index in [0.717, 1.165) is 0 Å². The van der Waals surface area contributed by atoms with Crippen LogP contribution >= 0.6 is 0 Å². The van der Waals surface area contributed by atoms with Crippen molar-refractivity contribution in [1.29, 1.82) is 0 Å². The van der Waals surface area contributed by atoms with E-state index in [1.54, 1.807) is 12.1 Å². The Morgan fingerprint density at radius 1 is 1.56 bits per heavy atom. The highest BCUT2D eigenvalue weighted by Crippen LogP contribution is 2.02. The van der Waals surface area contributed by atoms with Crippen molar-refractivity contribution >= 4 is 11.6 Å². The Balaban J connectivity index is 2.50. The standard InChI is InChI=1S/C11H17N3O2/c1-7(2)10(15)6-14-11(16)9-4-3-8(12)5-13-9/h3-5,7,10,15H,6,12H2,1-2H3,(H,14,16). The first-order chi connectivity index (χ1) is 7.50. The van der Waals surface area contributed by atoms with Crippen LogP contribution in [0.25, 0.3) is 0 Å². The smallest absolute Gasteiger partial charge is 0.269 e. The Bertz CT molecular complexity index is 349. The van der Waals surface area contributed by atoms with Crippen LogP contribution in [0.3, 0.4) is 0 Å². The van der Waals surface area contributed by atoms with Gasteiger partial charge in [0.05, 0.1) is 18.0 Å². The van der Waals surface area contributed by atoms with Crippen molar-refractivity contribution in [1.82, 2.24) is 10.3 Å². The predicted molar refractivity (Wildman–Crippen MR) is 61.8 cm³/mol. The molecule has 1 unspecified atom stereocenters. The summed E-state index contributed by atoms with van der Waals surface area (Å²) in [6.07, 6.45) is 0.881. The summed E-state index contributed by atoms with van der Waals surface area (Å²) in [7, 11) is 0. The molecular formula is C11H17N3O2. The zero-order valence-corrected chi connectivity index (χ0v) is 9.47. The number of anilines is 1. The van der Waals surface area contributed by atoms with Gasteiger partial charge in [0.1, 0.15) is 5.69 Å². The molecule has 88 valence electrons. The van der Waals surface area contributed by atoms with Crippen molar-refractivity contribution in [3.8, 4) is 0 Å². The lowest BCUT2D eigenvalue weighted by molar-refractivity contribution is 0.0867. The van der Waals surface area contributed by atoms with Crippen LogP contribution in [0.1, 0.15) is 24.3 Å². The Morgan fingerprint density at radius 3 is 2.75 bits per heavy atom. The van der Waals surface area contributed by atoms with Crippen molar-refractivity contribution in [3.63, 3.8) is 0 Å². The quantitative estimate of drug-likeness (QED) is 0.690. The molecule has 1 aromatic heterocycles. The molecule has 0 aliphatic rings. The zero-order chi connectivity index (χ0) is 12.1. The number of nitrogen functional groups attached to an aromatic ring is 1. The Labute approximate surface area is 94.7 Å². The summed E-state index contributed by atoms with van der Waals surface area (Å²) < 4.78 is 0. The second-order valence-electron chi connectivity index (χ2n) is 4.00. The minimum atomic E-state index is -0.544. The molecule has 5 nitrogen and oxygen atoms in total. The van der Waals surface area contributed by atoms with Gasteiger partial charge in [0.15, 0.2) is 0 Å². The third kappa shape index (κ3) is 3.51. The van der Waals surface area contributed by atoms with Crippen LogP contribution in [0, 0.1) is 5.92 Å². The summed E-state index contributed by atoms with van der Waals surface area (Å²) in [6, 6.07) is 3.16. The molecule has 0 aromatic carbocycles. The molecule has 1 heterocycles. The number of nitrogens with two attached hydrogens (primary N) is 1. The molecule has 0 spiro atoms. The molecule has 1 amide bonds. The van der Waals surface area contributed by atoms with Crippen molar-refractivity contribution in [3.05, 3.63) is 24.0 Å². The van der Waals surface area contributed by atoms with Gasteiger partial charge in [-0.2, -0.15) is 0 Å². The molecule has 0 fully saturated rings. The van der Waals surface area contributed by atoms with Gasteiger partial charge in [0.2, 0.25) is 0 Å². The van der Waals surface area contributed by atoms with Gasteiger partial charge in [0.25, 0.3) is 5.91 Å². The summed E-state index contributed by atoms with van der Waals surface area (Å²) in [5, 5.41) is 12.1. The number of aliphatic hydroxyl groups excluding tert-OH is 1. The van der Waals surface area contributed by atoms with Crippen LogP contribution in [-0.4, -0.2) is 28.6 Å². The maximum atomic E-state index is 11.6. The summed E-state index contributed by atoms with van der Waals surface area (Å²) in [5.41, 5.74) is 6.26. The number of nitrogens with zero attached hydrogens (tertiary/aromatic N) is 1. The van der Waals surface area contributed by atoms with Crippen LogP contribution in [0.15, 0.2) is 18.3 Å². The highest BCUT2D eigenvalue weighted by molar-refractivity contribution is 5.92. The molecule has 0 radical (unpaired) electrons. The first-order valence-corrected chi connectivity index (χ1v) is 5.18. The first-order valence-electron chi connectivity index (χ1n) is 5.18. The van der Waals surface area contributed by atoms with E-state index in [9.17, 15) is 9.90 Å². The number of rotatable bonds is 4. The summed E-state index contributed by atoms with van der Waals surface area (Å²) >= 11 is 0. The first kappa shape index (κ1) is 12.4. The van der Waals surface area contributed by atoms with E-state index < -0.39 is 6.10 Å². The molecule has 0 saturated heterocycles. The van der Waals surface area contributed by atoms with Crippen molar-refractivity contribution in [2.75, 3.05) is 12.3 Å². The Kier molecular flexibility index (Phi) is 4.25. The van der Waals surface area contributed by atoms with Crippen LogP contribution in [0.2, 0.25) is 0 Å². The molecule has 0 aliphatic carbocycles. The van der Waals surface area contributed by atoms with Gasteiger partial charge in [-0.05, 0) is 18.1 Å². The lowest BCUT2D eigenvalue weighted by Gasteiger charge is -2.14. The van der Waals surface area contributed by atoms with E-state index in [-0.39, 0.29) is 18.4 Å². The van der Waals surface area contributed by atoms with Crippen LogP contribution in [0.5, 0.6) is 0 Å². The van der Waals surface area contributed by atoms with Gasteiger partial charge in [-0.25, -0.2) is 4.98 Å². The fourth-order valence-electron chi connectivity index (χ4n) is 1.06. The van der Waals surface area contributed by atoms with Crippen LogP contribution in [0.4, 0.5) is 5.69 Å². The van der Waals surface area contributed by atoms with E-state index in [1.165, 1.54) is 6.20 Å². The molecular weight excluding hydrogens is 206 g/mol. The lowest BCUT2D eigenvalue weighted by Crippen LogP contribution is -2.35. The molecule has 0 bridgehead atoms. The van der Waals surface area contributed by atoms with E-state index in [1.807, 2.05) is 13.8 Å². The normalized spacial score (nSPS) is 12.5. The topological polar surface area (TPSA) is 88.2 Å². The SMILES string of the molecule is CC(C)C(O)CNC(=O)c1ccc(N)cn1. The van der Waals surface area contributed by atoms with Crippen molar-refractivity contribution in [2.45, 2.75) is 20.0 Å². The molecule has 5 heteroatoms. The van der Waals surface area contributed by atoms with Gasteiger partial charge in [-0.1, -0.05) is 13.8 Å². The maximum Gasteiger partial charge on any atom is 0.269 e. The number of hydrogen-bond acceptors (Lipinski definition) is 4. The van der Waals surface area contributed by atoms with Crippen LogP contribution in [-0.2, 0) is 0 Å².